The first-order valence-electron chi connectivity index (χ1n) is 12.0. The van der Waals surface area contributed by atoms with Crippen LogP contribution in [0.4, 0.5) is 24.5 Å². The van der Waals surface area contributed by atoms with Crippen LogP contribution in [0.1, 0.15) is 52.7 Å². The maximum Gasteiger partial charge on any atom is 0.416 e. The van der Waals surface area contributed by atoms with Gasteiger partial charge in [-0.1, -0.05) is 73.2 Å². The third-order valence-electron chi connectivity index (χ3n) is 6.44. The Kier molecular flexibility index (Phi) is 8.59. The van der Waals surface area contributed by atoms with E-state index < -0.39 is 33.4 Å². The minimum atomic E-state index is -4.51. The van der Waals surface area contributed by atoms with E-state index in [1.165, 1.54) is 18.2 Å². The molecule has 4 rings (SSSR count). The van der Waals surface area contributed by atoms with E-state index in [-0.39, 0.29) is 21.2 Å². The zero-order valence-corrected chi connectivity index (χ0v) is 22.4. The summed E-state index contributed by atoms with van der Waals surface area (Å²) in [4.78, 5) is 12.9. The van der Waals surface area contributed by atoms with Crippen molar-refractivity contribution in [3.05, 3.63) is 93.0 Å². The second kappa shape index (κ2) is 11.6. The molecule has 0 bridgehead atoms. The monoisotopic (exact) mass is 584 g/mol. The van der Waals surface area contributed by atoms with Gasteiger partial charge in [-0.3, -0.25) is 9.52 Å². The molecular weight excluding hydrogens is 560 g/mol. The molecule has 1 aliphatic carbocycles. The van der Waals surface area contributed by atoms with E-state index in [9.17, 15) is 26.4 Å². The van der Waals surface area contributed by atoms with Gasteiger partial charge in [0, 0.05) is 5.69 Å². The lowest BCUT2D eigenvalue weighted by atomic mass is 9.96. The SMILES string of the molecule is O=C(Nc1ccc(CC2CCCC2)c(NS(=O)(=O)Cc2ccc(C(F)(F)F)cc2)c1)c1c(Cl)cccc1Cl. The van der Waals surface area contributed by atoms with Crippen molar-refractivity contribution in [2.75, 3.05) is 10.0 Å². The van der Waals surface area contributed by atoms with Crippen LogP contribution in [-0.2, 0) is 28.4 Å². The summed E-state index contributed by atoms with van der Waals surface area (Å²) in [6.07, 6.45) is 0.466. The van der Waals surface area contributed by atoms with Gasteiger partial charge in [-0.05, 0) is 59.9 Å². The molecule has 0 radical (unpaired) electrons. The summed E-state index contributed by atoms with van der Waals surface area (Å²) in [5, 5.41) is 3.05. The smallest absolute Gasteiger partial charge is 0.322 e. The second-order valence-electron chi connectivity index (χ2n) is 9.33. The highest BCUT2D eigenvalue weighted by Gasteiger charge is 2.30. The number of benzene rings is 3. The predicted octanol–water partition coefficient (Wildman–Crippen LogP) is 7.94. The summed E-state index contributed by atoms with van der Waals surface area (Å²) in [5.74, 6) is -0.655. The van der Waals surface area contributed by atoms with Crippen LogP contribution in [0, 0.1) is 5.92 Å². The zero-order chi connectivity index (χ0) is 27.5. The van der Waals surface area contributed by atoms with Gasteiger partial charge < -0.3 is 5.32 Å². The molecule has 0 saturated heterocycles. The summed E-state index contributed by atoms with van der Waals surface area (Å²) in [6, 6.07) is 13.6. The van der Waals surface area contributed by atoms with Gasteiger partial charge in [0.2, 0.25) is 10.0 Å². The van der Waals surface area contributed by atoms with Crippen LogP contribution in [0.5, 0.6) is 0 Å². The van der Waals surface area contributed by atoms with Crippen LogP contribution >= 0.6 is 23.2 Å². The molecule has 1 saturated carbocycles. The van der Waals surface area contributed by atoms with Crippen LogP contribution < -0.4 is 10.0 Å². The Balaban J connectivity index is 1.58. The lowest BCUT2D eigenvalue weighted by molar-refractivity contribution is -0.137. The number of hydrogen-bond donors (Lipinski definition) is 2. The molecule has 202 valence electrons. The summed E-state index contributed by atoms with van der Waals surface area (Å²) in [6.45, 7) is 0. The van der Waals surface area contributed by atoms with Gasteiger partial charge in [0.05, 0.1) is 32.6 Å². The van der Waals surface area contributed by atoms with Gasteiger partial charge in [0.25, 0.3) is 5.91 Å². The first kappa shape index (κ1) is 28.3. The fourth-order valence-corrected chi connectivity index (χ4v) is 6.37. The van der Waals surface area contributed by atoms with Gasteiger partial charge in [-0.2, -0.15) is 13.2 Å². The van der Waals surface area contributed by atoms with E-state index in [0.29, 0.717) is 23.7 Å². The molecule has 1 aliphatic rings. The van der Waals surface area contributed by atoms with Gasteiger partial charge in [0.1, 0.15) is 0 Å². The Morgan fingerprint density at radius 1 is 0.947 bits per heavy atom. The summed E-state index contributed by atoms with van der Waals surface area (Å²) in [7, 11) is -3.99. The van der Waals surface area contributed by atoms with Crippen molar-refractivity contribution in [2.24, 2.45) is 5.92 Å². The third kappa shape index (κ3) is 7.21. The number of amides is 1. The maximum atomic E-state index is 13.0. The molecule has 1 fully saturated rings. The molecule has 0 atom stereocenters. The van der Waals surface area contributed by atoms with Crippen LogP contribution in [-0.4, -0.2) is 14.3 Å². The molecule has 0 spiro atoms. The Hall–Kier alpha value is -2.75. The number of hydrogen-bond acceptors (Lipinski definition) is 3. The maximum absolute atomic E-state index is 13.0. The highest BCUT2D eigenvalue weighted by Crippen LogP contribution is 2.33. The Bertz CT molecular complexity index is 1400. The number of sulfonamides is 1. The van der Waals surface area contributed by atoms with Gasteiger partial charge in [-0.25, -0.2) is 8.42 Å². The molecular formula is C27H25Cl2F3N2O3S. The number of alkyl halides is 3. The molecule has 0 heterocycles. The largest absolute Gasteiger partial charge is 0.416 e. The van der Waals surface area contributed by atoms with Crippen molar-refractivity contribution in [3.8, 4) is 0 Å². The predicted molar refractivity (Wildman–Crippen MR) is 144 cm³/mol. The van der Waals surface area contributed by atoms with Gasteiger partial charge in [-0.15, -0.1) is 0 Å². The van der Waals surface area contributed by atoms with Crippen molar-refractivity contribution in [1.82, 2.24) is 0 Å². The van der Waals surface area contributed by atoms with E-state index in [2.05, 4.69) is 10.0 Å². The Morgan fingerprint density at radius 3 is 2.18 bits per heavy atom. The topological polar surface area (TPSA) is 75.3 Å². The highest BCUT2D eigenvalue weighted by molar-refractivity contribution is 7.91. The number of anilines is 2. The highest BCUT2D eigenvalue weighted by atomic mass is 35.5. The first-order chi connectivity index (χ1) is 17.9. The Morgan fingerprint density at radius 2 is 1.58 bits per heavy atom. The second-order valence-corrected chi connectivity index (χ2v) is 11.9. The fraction of sp³-hybridized carbons (Fsp3) is 0.296. The van der Waals surface area contributed by atoms with Gasteiger partial charge in [0.15, 0.2) is 0 Å². The summed E-state index contributed by atoms with van der Waals surface area (Å²) < 4.78 is 67.2. The first-order valence-corrected chi connectivity index (χ1v) is 14.4. The number of halogens is 5. The van der Waals surface area contributed by atoms with E-state index >= 15 is 0 Å². The van der Waals surface area contributed by atoms with Crippen LogP contribution in [0.15, 0.2) is 60.7 Å². The molecule has 5 nitrogen and oxygen atoms in total. The lowest BCUT2D eigenvalue weighted by Crippen LogP contribution is -2.18. The van der Waals surface area contributed by atoms with E-state index in [1.807, 2.05) is 0 Å². The molecule has 11 heteroatoms. The molecule has 3 aromatic rings. The number of carbonyl (C=O) groups excluding carboxylic acids is 1. The Labute approximate surface area is 229 Å². The van der Waals surface area contributed by atoms with Crippen molar-refractivity contribution >= 4 is 50.5 Å². The third-order valence-corrected chi connectivity index (χ3v) is 8.32. The minimum absolute atomic E-state index is 0.0929. The van der Waals surface area contributed by atoms with Gasteiger partial charge >= 0.3 is 6.18 Å². The lowest BCUT2D eigenvalue weighted by Gasteiger charge is -2.18. The van der Waals surface area contributed by atoms with E-state index in [4.69, 9.17) is 23.2 Å². The number of nitrogens with one attached hydrogen (secondary N) is 2. The number of carbonyl (C=O) groups is 1. The summed E-state index contributed by atoms with van der Waals surface area (Å²) >= 11 is 12.3. The molecule has 38 heavy (non-hydrogen) atoms. The van der Waals surface area contributed by atoms with Crippen molar-refractivity contribution < 1.29 is 26.4 Å². The van der Waals surface area contributed by atoms with Crippen molar-refractivity contribution in [3.63, 3.8) is 0 Å². The van der Waals surface area contributed by atoms with Crippen LogP contribution in [0.2, 0.25) is 10.0 Å². The molecule has 0 aliphatic heterocycles. The van der Waals surface area contributed by atoms with E-state index in [0.717, 1.165) is 55.5 Å². The van der Waals surface area contributed by atoms with Crippen LogP contribution in [0.25, 0.3) is 0 Å². The zero-order valence-electron chi connectivity index (χ0n) is 20.1. The van der Waals surface area contributed by atoms with E-state index in [1.54, 1.807) is 18.2 Å². The molecule has 2 N–H and O–H groups in total. The quantitative estimate of drug-likeness (QED) is 0.282. The minimum Gasteiger partial charge on any atom is -0.322 e. The van der Waals surface area contributed by atoms with Crippen LogP contribution in [0.3, 0.4) is 0 Å². The van der Waals surface area contributed by atoms with Crippen molar-refractivity contribution in [2.45, 2.75) is 44.0 Å². The normalized spacial score (nSPS) is 14.4. The molecule has 0 unspecified atom stereocenters. The van der Waals surface area contributed by atoms with Crippen molar-refractivity contribution in [1.29, 1.82) is 0 Å². The molecule has 3 aromatic carbocycles. The average molecular weight is 585 g/mol. The summed E-state index contributed by atoms with van der Waals surface area (Å²) in [5.41, 5.74) is 0.838. The molecule has 0 aromatic heterocycles. The fourth-order valence-electron chi connectivity index (χ4n) is 4.57. The standard InChI is InChI=1S/C27H25Cl2F3N2O3S/c28-22-6-3-7-23(29)25(22)26(35)33-21-13-10-19(14-17-4-1-2-5-17)24(15-21)34-38(36,37)16-18-8-11-20(12-9-18)27(30,31)32/h3,6-13,15,17,34H,1-2,4-5,14,16H2,(H,33,35). The number of rotatable bonds is 8. The molecule has 1 amide bonds. The average Bonchev–Trinajstić information content (AvgIpc) is 3.33.